The average Bonchev–Trinajstić information content (AvgIpc) is 3.16. The largest absolute Gasteiger partial charge is 0.459 e. The molecular formula is C18H20ClN3O3. The molecule has 2 aromatic rings. The molecule has 2 atom stereocenters. The van der Waals surface area contributed by atoms with Crippen LogP contribution in [0.25, 0.3) is 0 Å². The lowest BCUT2D eigenvalue weighted by Gasteiger charge is -2.38. The van der Waals surface area contributed by atoms with Crippen molar-refractivity contribution in [2.24, 2.45) is 0 Å². The lowest BCUT2D eigenvalue weighted by Crippen LogP contribution is -2.54. The zero-order chi connectivity index (χ0) is 17.8. The van der Waals surface area contributed by atoms with Gasteiger partial charge in [-0.1, -0.05) is 23.7 Å². The third-order valence-corrected chi connectivity index (χ3v) is 4.46. The first-order valence-electron chi connectivity index (χ1n) is 8.17. The van der Waals surface area contributed by atoms with Crippen molar-refractivity contribution >= 4 is 23.4 Å². The van der Waals surface area contributed by atoms with Gasteiger partial charge in [0, 0.05) is 24.7 Å². The first-order chi connectivity index (χ1) is 12.1. The summed E-state index contributed by atoms with van der Waals surface area (Å²) in [5.41, 5.74) is 0.970. The van der Waals surface area contributed by atoms with Gasteiger partial charge in [-0.15, -0.1) is 0 Å². The van der Waals surface area contributed by atoms with Gasteiger partial charge >= 0.3 is 0 Å². The summed E-state index contributed by atoms with van der Waals surface area (Å²) in [6, 6.07) is 9.91. The van der Waals surface area contributed by atoms with Gasteiger partial charge in [0.1, 0.15) is 6.04 Å². The van der Waals surface area contributed by atoms with E-state index in [4.69, 9.17) is 16.0 Å². The Morgan fingerprint density at radius 3 is 2.92 bits per heavy atom. The summed E-state index contributed by atoms with van der Waals surface area (Å²) in [5.74, 6) is -0.349. The molecule has 0 spiro atoms. The molecule has 0 saturated carbocycles. The van der Waals surface area contributed by atoms with Crippen molar-refractivity contribution < 1.29 is 14.0 Å². The lowest BCUT2D eigenvalue weighted by molar-refractivity contribution is -0.136. The SMILES string of the molecule is CC(NC(=O)c1ccco1)C(=O)N1CCNCC1c1cccc(Cl)c1. The van der Waals surface area contributed by atoms with E-state index in [1.54, 1.807) is 30.0 Å². The second-order valence-electron chi connectivity index (χ2n) is 5.98. The fraction of sp³-hybridized carbons (Fsp3) is 0.333. The monoisotopic (exact) mass is 361 g/mol. The van der Waals surface area contributed by atoms with Crippen LogP contribution in [-0.4, -0.2) is 42.4 Å². The summed E-state index contributed by atoms with van der Waals surface area (Å²) in [4.78, 5) is 26.8. The fourth-order valence-corrected chi connectivity index (χ4v) is 3.16. The minimum Gasteiger partial charge on any atom is -0.459 e. The number of carbonyl (C=O) groups is 2. The van der Waals surface area contributed by atoms with Gasteiger partial charge in [0.15, 0.2) is 5.76 Å². The van der Waals surface area contributed by atoms with Crippen LogP contribution in [-0.2, 0) is 4.79 Å². The second kappa shape index (κ2) is 7.72. The highest BCUT2D eigenvalue weighted by Crippen LogP contribution is 2.25. The van der Waals surface area contributed by atoms with E-state index in [1.807, 2.05) is 18.2 Å². The van der Waals surface area contributed by atoms with E-state index in [9.17, 15) is 9.59 Å². The number of amides is 2. The van der Waals surface area contributed by atoms with Crippen LogP contribution in [0, 0.1) is 0 Å². The van der Waals surface area contributed by atoms with Crippen molar-refractivity contribution in [3.05, 3.63) is 59.0 Å². The summed E-state index contributed by atoms with van der Waals surface area (Å²) in [5, 5.41) is 6.63. The van der Waals surface area contributed by atoms with Gasteiger partial charge in [0.25, 0.3) is 5.91 Å². The van der Waals surface area contributed by atoms with Crippen LogP contribution < -0.4 is 10.6 Å². The molecule has 1 aliphatic rings. The number of furan rings is 1. The van der Waals surface area contributed by atoms with Crippen molar-refractivity contribution in [1.29, 1.82) is 0 Å². The molecule has 7 heteroatoms. The summed E-state index contributed by atoms with van der Waals surface area (Å²) < 4.78 is 5.06. The minimum absolute atomic E-state index is 0.122. The Kier molecular flexibility index (Phi) is 5.40. The first kappa shape index (κ1) is 17.5. The number of nitrogens with one attached hydrogen (secondary N) is 2. The molecule has 0 aliphatic carbocycles. The predicted octanol–water partition coefficient (Wildman–Crippen LogP) is 2.22. The summed E-state index contributed by atoms with van der Waals surface area (Å²) >= 11 is 6.09. The van der Waals surface area contributed by atoms with Gasteiger partial charge in [0.05, 0.1) is 12.3 Å². The van der Waals surface area contributed by atoms with E-state index in [2.05, 4.69) is 10.6 Å². The van der Waals surface area contributed by atoms with Gasteiger partial charge in [-0.25, -0.2) is 0 Å². The van der Waals surface area contributed by atoms with Crippen LogP contribution in [0.2, 0.25) is 5.02 Å². The molecule has 6 nitrogen and oxygen atoms in total. The highest BCUT2D eigenvalue weighted by atomic mass is 35.5. The number of carbonyl (C=O) groups excluding carboxylic acids is 2. The lowest BCUT2D eigenvalue weighted by atomic mass is 10.0. The fourth-order valence-electron chi connectivity index (χ4n) is 2.97. The maximum Gasteiger partial charge on any atom is 0.287 e. The van der Waals surface area contributed by atoms with Crippen LogP contribution in [0.3, 0.4) is 0 Å². The van der Waals surface area contributed by atoms with Crippen LogP contribution in [0.4, 0.5) is 0 Å². The summed E-state index contributed by atoms with van der Waals surface area (Å²) in [6.07, 6.45) is 1.42. The van der Waals surface area contributed by atoms with Crippen LogP contribution in [0.5, 0.6) is 0 Å². The molecule has 1 saturated heterocycles. The molecule has 0 bridgehead atoms. The maximum atomic E-state index is 12.9. The number of hydrogen-bond acceptors (Lipinski definition) is 4. The van der Waals surface area contributed by atoms with Crippen molar-refractivity contribution in [2.75, 3.05) is 19.6 Å². The number of piperazine rings is 1. The molecule has 1 aliphatic heterocycles. The van der Waals surface area contributed by atoms with Crippen LogP contribution in [0.1, 0.15) is 29.1 Å². The van der Waals surface area contributed by atoms with E-state index in [1.165, 1.54) is 6.26 Å². The Hall–Kier alpha value is -2.31. The molecule has 2 heterocycles. The highest BCUT2D eigenvalue weighted by Gasteiger charge is 2.31. The number of rotatable bonds is 4. The van der Waals surface area contributed by atoms with E-state index in [0.717, 1.165) is 5.56 Å². The number of hydrogen-bond donors (Lipinski definition) is 2. The van der Waals surface area contributed by atoms with E-state index < -0.39 is 11.9 Å². The molecule has 2 N–H and O–H groups in total. The Morgan fingerprint density at radius 1 is 1.36 bits per heavy atom. The predicted molar refractivity (Wildman–Crippen MR) is 94.4 cm³/mol. The van der Waals surface area contributed by atoms with Crippen molar-refractivity contribution in [3.8, 4) is 0 Å². The number of benzene rings is 1. The normalized spacial score (nSPS) is 18.6. The minimum atomic E-state index is -0.655. The summed E-state index contributed by atoms with van der Waals surface area (Å²) in [6.45, 7) is 3.60. The van der Waals surface area contributed by atoms with Crippen LogP contribution >= 0.6 is 11.6 Å². The molecule has 1 fully saturated rings. The molecule has 3 rings (SSSR count). The molecule has 132 valence electrons. The number of halogens is 1. The number of nitrogens with zero attached hydrogens (tertiary/aromatic N) is 1. The standard InChI is InChI=1S/C18H20ClN3O3/c1-12(21-17(23)16-6-3-9-25-16)18(24)22-8-7-20-11-15(22)13-4-2-5-14(19)10-13/h2-6,9-10,12,15,20H,7-8,11H2,1H3,(H,21,23). The smallest absolute Gasteiger partial charge is 0.287 e. The quantitative estimate of drug-likeness (QED) is 0.875. The van der Waals surface area contributed by atoms with Gasteiger partial charge in [-0.05, 0) is 36.8 Å². The van der Waals surface area contributed by atoms with Crippen molar-refractivity contribution in [1.82, 2.24) is 15.5 Å². The third-order valence-electron chi connectivity index (χ3n) is 4.22. The topological polar surface area (TPSA) is 74.6 Å². The Bertz CT molecular complexity index is 748. The molecule has 1 aromatic carbocycles. The zero-order valence-electron chi connectivity index (χ0n) is 13.9. The molecule has 2 amide bonds. The first-order valence-corrected chi connectivity index (χ1v) is 8.55. The van der Waals surface area contributed by atoms with E-state index in [0.29, 0.717) is 24.7 Å². The molecular weight excluding hydrogens is 342 g/mol. The summed E-state index contributed by atoms with van der Waals surface area (Å²) in [7, 11) is 0. The maximum absolute atomic E-state index is 12.9. The van der Waals surface area contributed by atoms with E-state index in [-0.39, 0.29) is 17.7 Å². The van der Waals surface area contributed by atoms with E-state index >= 15 is 0 Å². The van der Waals surface area contributed by atoms with Gasteiger partial charge in [-0.3, -0.25) is 9.59 Å². The molecule has 1 aromatic heterocycles. The van der Waals surface area contributed by atoms with Crippen molar-refractivity contribution in [2.45, 2.75) is 19.0 Å². The second-order valence-corrected chi connectivity index (χ2v) is 6.42. The van der Waals surface area contributed by atoms with Crippen molar-refractivity contribution in [3.63, 3.8) is 0 Å². The Labute approximate surface area is 151 Å². The van der Waals surface area contributed by atoms with Gasteiger partial charge in [-0.2, -0.15) is 0 Å². The molecule has 2 unspecified atom stereocenters. The zero-order valence-corrected chi connectivity index (χ0v) is 14.6. The molecule has 25 heavy (non-hydrogen) atoms. The highest BCUT2D eigenvalue weighted by molar-refractivity contribution is 6.30. The average molecular weight is 362 g/mol. The Morgan fingerprint density at radius 2 is 2.20 bits per heavy atom. The third kappa shape index (κ3) is 4.03. The molecule has 0 radical (unpaired) electrons. The van der Waals surface area contributed by atoms with Gasteiger partial charge < -0.3 is 20.0 Å². The Balaban J connectivity index is 1.73. The van der Waals surface area contributed by atoms with Crippen LogP contribution in [0.15, 0.2) is 47.1 Å². The van der Waals surface area contributed by atoms with Gasteiger partial charge in [0.2, 0.25) is 5.91 Å².